The van der Waals surface area contributed by atoms with Crippen molar-refractivity contribution in [3.8, 4) is 0 Å². The van der Waals surface area contributed by atoms with Crippen molar-refractivity contribution in [1.29, 1.82) is 0 Å². The van der Waals surface area contributed by atoms with Gasteiger partial charge >= 0.3 is 5.97 Å². The van der Waals surface area contributed by atoms with Crippen molar-refractivity contribution in [2.45, 2.75) is 32.7 Å². The summed E-state index contributed by atoms with van der Waals surface area (Å²) in [4.78, 5) is 23.6. The van der Waals surface area contributed by atoms with Crippen molar-refractivity contribution in [2.75, 3.05) is 31.1 Å². The number of fused-ring (bicyclic) bond motifs is 3. The zero-order valence-electron chi connectivity index (χ0n) is 12.0. The van der Waals surface area contributed by atoms with Gasteiger partial charge in [-0.1, -0.05) is 13.8 Å². The third-order valence-electron chi connectivity index (χ3n) is 3.90. The van der Waals surface area contributed by atoms with Gasteiger partial charge in [-0.05, 0) is 6.42 Å². The van der Waals surface area contributed by atoms with Crippen LogP contribution in [-0.4, -0.2) is 48.2 Å². The maximum atomic E-state index is 12.3. The Morgan fingerprint density at radius 3 is 3.00 bits per heavy atom. The number of hydrogen-bond donors (Lipinski definition) is 1. The van der Waals surface area contributed by atoms with Crippen LogP contribution in [0.25, 0.3) is 0 Å². The third-order valence-corrected chi connectivity index (χ3v) is 3.90. The van der Waals surface area contributed by atoms with Crippen LogP contribution in [0.4, 0.5) is 5.82 Å². The molecular weight excluding hydrogens is 256 g/mol. The molecular formula is C14H22N4O2. The van der Waals surface area contributed by atoms with E-state index in [0.29, 0.717) is 18.6 Å². The summed E-state index contributed by atoms with van der Waals surface area (Å²) in [6.07, 6.45) is 1.48. The van der Waals surface area contributed by atoms with E-state index in [2.05, 4.69) is 20.2 Å². The van der Waals surface area contributed by atoms with Crippen molar-refractivity contribution < 1.29 is 11.0 Å². The summed E-state index contributed by atoms with van der Waals surface area (Å²) in [6.45, 7) is 7.02. The van der Waals surface area contributed by atoms with Crippen LogP contribution in [0.15, 0.2) is 0 Å². The first-order chi connectivity index (χ1) is 9.74. The fourth-order valence-electron chi connectivity index (χ4n) is 2.81. The predicted molar refractivity (Wildman–Crippen MR) is 77.2 cm³/mol. The monoisotopic (exact) mass is 278 g/mol. The van der Waals surface area contributed by atoms with Crippen LogP contribution < -0.4 is 10.2 Å². The zero-order valence-corrected chi connectivity index (χ0v) is 12.0. The molecule has 2 aliphatic heterocycles. The van der Waals surface area contributed by atoms with Crippen LogP contribution in [0.2, 0.25) is 0 Å². The number of aryl methyl sites for hydroxylation is 2. The van der Waals surface area contributed by atoms with Gasteiger partial charge in [0, 0.05) is 27.5 Å². The second-order valence-electron chi connectivity index (χ2n) is 5.14. The standard InChI is InChI=1S/C14H20N4O2.H2/c1-3-10-12-13(17-11(4-2)16-10)18-6-5-15-7-9(18)8-20-14(12)19;/h9,15H,3-8H2,1-2H3;1H. The minimum atomic E-state index is -0.283. The maximum Gasteiger partial charge on any atom is 0.343 e. The van der Waals surface area contributed by atoms with Gasteiger partial charge < -0.3 is 15.0 Å². The quantitative estimate of drug-likeness (QED) is 0.807. The molecule has 0 radical (unpaired) electrons. The van der Waals surface area contributed by atoms with E-state index in [1.54, 1.807) is 0 Å². The molecule has 2 aliphatic rings. The average molecular weight is 278 g/mol. The van der Waals surface area contributed by atoms with E-state index in [1.807, 2.05) is 13.8 Å². The molecule has 1 fully saturated rings. The number of nitrogens with one attached hydrogen (secondary N) is 1. The van der Waals surface area contributed by atoms with Gasteiger partial charge in [0.25, 0.3) is 0 Å². The van der Waals surface area contributed by atoms with E-state index >= 15 is 0 Å². The molecule has 1 N–H and O–H groups in total. The highest BCUT2D eigenvalue weighted by Gasteiger charge is 2.34. The van der Waals surface area contributed by atoms with E-state index in [1.165, 1.54) is 0 Å². The first-order valence-electron chi connectivity index (χ1n) is 7.28. The molecule has 0 bridgehead atoms. The summed E-state index contributed by atoms with van der Waals surface area (Å²) in [5, 5.41) is 3.34. The third kappa shape index (κ3) is 2.14. The molecule has 0 saturated carbocycles. The van der Waals surface area contributed by atoms with Crippen molar-refractivity contribution in [3.05, 3.63) is 17.1 Å². The number of rotatable bonds is 2. The molecule has 0 aromatic carbocycles. The molecule has 1 aromatic rings. The number of piperazine rings is 1. The first kappa shape index (κ1) is 13.3. The summed E-state index contributed by atoms with van der Waals surface area (Å²) < 4.78 is 5.41. The number of cyclic esters (lactones) is 1. The largest absolute Gasteiger partial charge is 0.460 e. The topological polar surface area (TPSA) is 67.3 Å². The fourth-order valence-corrected chi connectivity index (χ4v) is 2.81. The molecule has 0 amide bonds. The van der Waals surface area contributed by atoms with Gasteiger partial charge in [0.15, 0.2) is 0 Å². The summed E-state index contributed by atoms with van der Waals surface area (Å²) in [6, 6.07) is 0.165. The average Bonchev–Trinajstić information content (AvgIpc) is 2.64. The Kier molecular flexibility index (Phi) is 3.56. The number of carbonyl (C=O) groups is 1. The highest BCUT2D eigenvalue weighted by molar-refractivity contribution is 5.96. The Morgan fingerprint density at radius 1 is 1.40 bits per heavy atom. The fraction of sp³-hybridized carbons (Fsp3) is 0.643. The number of carbonyl (C=O) groups excluding carboxylic acids is 1. The number of ether oxygens (including phenoxy) is 1. The van der Waals surface area contributed by atoms with E-state index in [-0.39, 0.29) is 13.4 Å². The molecule has 110 valence electrons. The Labute approximate surface area is 120 Å². The Hall–Kier alpha value is -1.69. The number of nitrogens with zero attached hydrogens (tertiary/aromatic N) is 3. The minimum absolute atomic E-state index is 0. The molecule has 1 saturated heterocycles. The lowest BCUT2D eigenvalue weighted by Crippen LogP contribution is -2.53. The normalized spacial score (nSPS) is 21.8. The van der Waals surface area contributed by atoms with Crippen molar-refractivity contribution in [2.24, 2.45) is 0 Å². The van der Waals surface area contributed by atoms with Gasteiger partial charge in [0.05, 0.1) is 11.7 Å². The summed E-state index contributed by atoms with van der Waals surface area (Å²) in [5.41, 5.74) is 1.37. The SMILES string of the molecule is CCc1nc(CC)c2c(n1)N1CCNCC1COC2=O.[HH]. The van der Waals surface area contributed by atoms with Gasteiger partial charge in [-0.25, -0.2) is 14.8 Å². The second-order valence-corrected chi connectivity index (χ2v) is 5.14. The highest BCUT2D eigenvalue weighted by Crippen LogP contribution is 2.28. The van der Waals surface area contributed by atoms with E-state index < -0.39 is 0 Å². The molecule has 3 heterocycles. The highest BCUT2D eigenvalue weighted by atomic mass is 16.5. The lowest BCUT2D eigenvalue weighted by atomic mass is 10.1. The molecule has 1 atom stereocenters. The lowest BCUT2D eigenvalue weighted by Gasteiger charge is -2.35. The number of hydrogen-bond acceptors (Lipinski definition) is 6. The second kappa shape index (κ2) is 5.36. The Bertz CT molecular complexity index is 538. The lowest BCUT2D eigenvalue weighted by molar-refractivity contribution is 0.0488. The van der Waals surface area contributed by atoms with Gasteiger partial charge in [-0.15, -0.1) is 0 Å². The molecule has 20 heavy (non-hydrogen) atoms. The van der Waals surface area contributed by atoms with Crippen LogP contribution in [-0.2, 0) is 17.6 Å². The van der Waals surface area contributed by atoms with Gasteiger partial charge in [-0.2, -0.15) is 0 Å². The number of esters is 1. The molecule has 0 spiro atoms. The van der Waals surface area contributed by atoms with E-state index in [0.717, 1.165) is 43.4 Å². The minimum Gasteiger partial charge on any atom is -0.460 e. The zero-order chi connectivity index (χ0) is 14.1. The molecule has 6 heteroatoms. The van der Waals surface area contributed by atoms with Crippen molar-refractivity contribution in [1.82, 2.24) is 15.3 Å². The van der Waals surface area contributed by atoms with E-state index in [9.17, 15) is 4.79 Å². The number of aromatic nitrogens is 2. The van der Waals surface area contributed by atoms with Crippen LogP contribution in [0.1, 0.15) is 37.2 Å². The summed E-state index contributed by atoms with van der Waals surface area (Å²) >= 11 is 0. The van der Waals surface area contributed by atoms with Crippen LogP contribution in [0, 0.1) is 0 Å². The van der Waals surface area contributed by atoms with Crippen LogP contribution in [0.3, 0.4) is 0 Å². The molecule has 1 aromatic heterocycles. The van der Waals surface area contributed by atoms with Crippen LogP contribution in [0.5, 0.6) is 0 Å². The van der Waals surface area contributed by atoms with E-state index in [4.69, 9.17) is 4.74 Å². The predicted octanol–water partition coefficient (Wildman–Crippen LogP) is 0.796. The Balaban J connectivity index is 0.00000161. The van der Waals surface area contributed by atoms with Crippen molar-refractivity contribution >= 4 is 11.8 Å². The van der Waals surface area contributed by atoms with Gasteiger partial charge in [0.2, 0.25) is 0 Å². The molecule has 1 unspecified atom stereocenters. The Morgan fingerprint density at radius 2 is 2.25 bits per heavy atom. The van der Waals surface area contributed by atoms with Gasteiger partial charge in [0.1, 0.15) is 23.8 Å². The maximum absolute atomic E-state index is 12.3. The summed E-state index contributed by atoms with van der Waals surface area (Å²) in [5.74, 6) is 1.28. The van der Waals surface area contributed by atoms with Crippen molar-refractivity contribution in [3.63, 3.8) is 0 Å². The molecule has 6 nitrogen and oxygen atoms in total. The first-order valence-corrected chi connectivity index (χ1v) is 7.28. The number of anilines is 1. The molecule has 3 rings (SSSR count). The van der Waals surface area contributed by atoms with Gasteiger partial charge in [-0.3, -0.25) is 0 Å². The molecule has 0 aliphatic carbocycles. The smallest absolute Gasteiger partial charge is 0.343 e. The van der Waals surface area contributed by atoms with Crippen LogP contribution >= 0.6 is 0 Å². The summed E-state index contributed by atoms with van der Waals surface area (Å²) in [7, 11) is 0.